The second-order valence-electron chi connectivity index (χ2n) is 6.56. The van der Waals surface area contributed by atoms with Crippen molar-refractivity contribution in [3.05, 3.63) is 0 Å². The topological polar surface area (TPSA) is 50.1 Å². The standard InChI is InChI=1S/C16H29NO2S/c1-5-16(2,3)14-8-7-13(12-17)15(11-14)20(18)10-6-9-19-4/h13-15H,5-11H2,1-4H3. The van der Waals surface area contributed by atoms with Crippen LogP contribution in [0.3, 0.4) is 0 Å². The Morgan fingerprint density at radius 1 is 1.40 bits per heavy atom. The zero-order valence-electron chi connectivity index (χ0n) is 13.4. The van der Waals surface area contributed by atoms with E-state index in [0.717, 1.165) is 32.1 Å². The Hall–Kier alpha value is -0.400. The first-order chi connectivity index (χ1) is 9.46. The van der Waals surface area contributed by atoms with Gasteiger partial charge in [-0.25, -0.2) is 0 Å². The van der Waals surface area contributed by atoms with Crippen LogP contribution in [0.1, 0.15) is 52.9 Å². The average molecular weight is 299 g/mol. The van der Waals surface area contributed by atoms with Crippen LogP contribution in [-0.2, 0) is 15.5 Å². The molecule has 0 amide bonds. The molecule has 4 heteroatoms. The SMILES string of the molecule is CCC(C)(C)C1CCC(C#N)C(S(=O)CCCOC)C1. The minimum absolute atomic E-state index is 0.0257. The van der Waals surface area contributed by atoms with Gasteiger partial charge in [-0.2, -0.15) is 5.26 Å². The minimum Gasteiger partial charge on any atom is -0.385 e. The van der Waals surface area contributed by atoms with E-state index in [9.17, 15) is 9.47 Å². The normalized spacial score (nSPS) is 28.9. The molecule has 0 spiro atoms. The molecule has 1 fully saturated rings. The first-order valence-electron chi connectivity index (χ1n) is 7.72. The predicted molar refractivity (Wildman–Crippen MR) is 83.8 cm³/mol. The molecule has 0 N–H and O–H groups in total. The number of ether oxygens (including phenoxy) is 1. The summed E-state index contributed by atoms with van der Waals surface area (Å²) in [6, 6.07) is 2.39. The van der Waals surface area contributed by atoms with Crippen molar-refractivity contribution in [1.29, 1.82) is 5.26 Å². The molecule has 0 saturated heterocycles. The van der Waals surface area contributed by atoms with Crippen LogP contribution in [0.25, 0.3) is 0 Å². The smallest absolute Gasteiger partial charge is 0.0668 e. The molecule has 3 nitrogen and oxygen atoms in total. The molecule has 20 heavy (non-hydrogen) atoms. The highest BCUT2D eigenvalue weighted by Crippen LogP contribution is 2.43. The Morgan fingerprint density at radius 3 is 2.65 bits per heavy atom. The van der Waals surface area contributed by atoms with E-state index >= 15 is 0 Å². The third-order valence-electron chi connectivity index (χ3n) is 5.01. The molecule has 0 radical (unpaired) electrons. The summed E-state index contributed by atoms with van der Waals surface area (Å²) in [5.74, 6) is 1.23. The summed E-state index contributed by atoms with van der Waals surface area (Å²) in [5.41, 5.74) is 0.287. The summed E-state index contributed by atoms with van der Waals surface area (Å²) >= 11 is 0. The van der Waals surface area contributed by atoms with Crippen LogP contribution in [0.5, 0.6) is 0 Å². The van der Waals surface area contributed by atoms with Crippen LogP contribution in [-0.4, -0.2) is 28.9 Å². The average Bonchev–Trinajstić information content (AvgIpc) is 2.46. The predicted octanol–water partition coefficient (Wildman–Crippen LogP) is 3.52. The molecular formula is C16H29NO2S. The third-order valence-corrected chi connectivity index (χ3v) is 6.89. The number of hydrogen-bond acceptors (Lipinski definition) is 3. The summed E-state index contributed by atoms with van der Waals surface area (Å²) in [6.07, 6.45) is 4.91. The molecule has 0 bridgehead atoms. The molecular weight excluding hydrogens is 270 g/mol. The molecule has 0 heterocycles. The van der Waals surface area contributed by atoms with Crippen molar-refractivity contribution in [3.8, 4) is 6.07 Å². The molecule has 4 unspecified atom stereocenters. The van der Waals surface area contributed by atoms with Gasteiger partial charge in [-0.1, -0.05) is 27.2 Å². The molecule has 0 aromatic heterocycles. The highest BCUT2D eigenvalue weighted by molar-refractivity contribution is 7.85. The summed E-state index contributed by atoms with van der Waals surface area (Å²) in [4.78, 5) is 0. The Kier molecular flexibility index (Phi) is 7.19. The maximum absolute atomic E-state index is 12.5. The van der Waals surface area contributed by atoms with Crippen molar-refractivity contribution >= 4 is 10.8 Å². The zero-order valence-corrected chi connectivity index (χ0v) is 14.2. The van der Waals surface area contributed by atoms with E-state index in [4.69, 9.17) is 4.74 Å². The Balaban J connectivity index is 2.69. The lowest BCUT2D eigenvalue weighted by Gasteiger charge is -2.41. The van der Waals surface area contributed by atoms with Crippen LogP contribution in [0.15, 0.2) is 0 Å². The molecule has 1 rings (SSSR count). The van der Waals surface area contributed by atoms with E-state index in [1.807, 2.05) is 0 Å². The maximum atomic E-state index is 12.5. The number of hydrogen-bond donors (Lipinski definition) is 0. The van der Waals surface area contributed by atoms with Gasteiger partial charge in [0, 0.05) is 30.3 Å². The van der Waals surface area contributed by atoms with Gasteiger partial charge >= 0.3 is 0 Å². The van der Waals surface area contributed by atoms with Crippen molar-refractivity contribution < 1.29 is 8.95 Å². The van der Waals surface area contributed by atoms with Crippen LogP contribution < -0.4 is 0 Å². The van der Waals surface area contributed by atoms with Crippen LogP contribution in [0, 0.1) is 28.6 Å². The number of methoxy groups -OCH3 is 1. The molecule has 4 atom stereocenters. The van der Waals surface area contributed by atoms with Crippen molar-refractivity contribution in [3.63, 3.8) is 0 Å². The van der Waals surface area contributed by atoms with Crippen LogP contribution in [0.2, 0.25) is 0 Å². The maximum Gasteiger partial charge on any atom is 0.0668 e. The second kappa shape index (κ2) is 8.14. The fraction of sp³-hybridized carbons (Fsp3) is 0.938. The summed E-state index contributed by atoms with van der Waals surface area (Å²) in [5, 5.41) is 9.38. The van der Waals surface area contributed by atoms with Gasteiger partial charge < -0.3 is 4.74 Å². The fourth-order valence-electron chi connectivity index (χ4n) is 3.06. The molecule has 1 saturated carbocycles. The Labute approximate surface area is 126 Å². The molecule has 0 aromatic carbocycles. The first kappa shape index (κ1) is 17.7. The quantitative estimate of drug-likeness (QED) is 0.676. The van der Waals surface area contributed by atoms with Crippen molar-refractivity contribution in [2.24, 2.45) is 17.3 Å². The van der Waals surface area contributed by atoms with E-state index in [0.29, 0.717) is 18.3 Å². The molecule has 1 aliphatic carbocycles. The minimum atomic E-state index is -0.898. The van der Waals surface area contributed by atoms with E-state index in [1.165, 1.54) is 0 Å². The van der Waals surface area contributed by atoms with Crippen LogP contribution >= 0.6 is 0 Å². The lowest BCUT2D eigenvalue weighted by atomic mass is 9.67. The first-order valence-corrected chi connectivity index (χ1v) is 9.10. The fourth-order valence-corrected chi connectivity index (χ4v) is 4.78. The second-order valence-corrected chi connectivity index (χ2v) is 8.33. The summed E-state index contributed by atoms with van der Waals surface area (Å²) < 4.78 is 17.5. The van der Waals surface area contributed by atoms with Gasteiger partial charge in [0.05, 0.1) is 17.2 Å². The van der Waals surface area contributed by atoms with Crippen LogP contribution in [0.4, 0.5) is 0 Å². The van der Waals surface area contributed by atoms with Gasteiger partial charge in [-0.05, 0) is 37.0 Å². The lowest BCUT2D eigenvalue weighted by molar-refractivity contribution is 0.142. The van der Waals surface area contributed by atoms with Gasteiger partial charge in [0.2, 0.25) is 0 Å². The molecule has 0 aliphatic heterocycles. The number of nitriles is 1. The number of nitrogens with zero attached hydrogens (tertiary/aromatic N) is 1. The third kappa shape index (κ3) is 4.56. The highest BCUT2D eigenvalue weighted by atomic mass is 32.2. The van der Waals surface area contributed by atoms with E-state index in [2.05, 4.69) is 26.8 Å². The molecule has 1 aliphatic rings. The highest BCUT2D eigenvalue weighted by Gasteiger charge is 2.39. The van der Waals surface area contributed by atoms with Gasteiger partial charge in [0.25, 0.3) is 0 Å². The van der Waals surface area contributed by atoms with Gasteiger partial charge in [0.15, 0.2) is 0 Å². The monoisotopic (exact) mass is 299 g/mol. The summed E-state index contributed by atoms with van der Waals surface area (Å²) in [7, 11) is 0.770. The Morgan fingerprint density at radius 2 is 2.10 bits per heavy atom. The molecule has 0 aromatic rings. The van der Waals surface area contributed by atoms with Crippen molar-refractivity contribution in [2.75, 3.05) is 19.5 Å². The lowest BCUT2D eigenvalue weighted by Crippen LogP contribution is -2.38. The van der Waals surface area contributed by atoms with Gasteiger partial charge in [0.1, 0.15) is 0 Å². The number of rotatable bonds is 7. The molecule has 116 valence electrons. The van der Waals surface area contributed by atoms with E-state index < -0.39 is 10.8 Å². The van der Waals surface area contributed by atoms with E-state index in [-0.39, 0.29) is 16.6 Å². The largest absolute Gasteiger partial charge is 0.385 e. The van der Waals surface area contributed by atoms with Gasteiger partial charge in [-0.3, -0.25) is 4.21 Å². The Bertz CT molecular complexity index is 362. The van der Waals surface area contributed by atoms with Gasteiger partial charge in [-0.15, -0.1) is 0 Å². The zero-order chi connectivity index (χ0) is 15.2. The summed E-state index contributed by atoms with van der Waals surface area (Å²) in [6.45, 7) is 7.48. The van der Waals surface area contributed by atoms with E-state index in [1.54, 1.807) is 7.11 Å². The van der Waals surface area contributed by atoms with Crippen molar-refractivity contribution in [1.82, 2.24) is 0 Å². The van der Waals surface area contributed by atoms with Crippen molar-refractivity contribution in [2.45, 2.75) is 58.1 Å².